The topological polar surface area (TPSA) is 63.6 Å². The standard InChI is InChI=1S/C24H36O4S/c1-4-28-23(26)10-8-6-5-7-9-20-21(25)15-16-22(20)29-17-24(3,27)19-13-11-18(2)12-14-19/h11-14,20,22,27H,4-10,15-17H2,1-3H3. The highest BCUT2D eigenvalue weighted by molar-refractivity contribution is 8.00. The Bertz CT molecular complexity index is 653. The van der Waals surface area contributed by atoms with Crippen LogP contribution < -0.4 is 0 Å². The van der Waals surface area contributed by atoms with E-state index in [-0.39, 0.29) is 11.9 Å². The molecule has 1 aliphatic carbocycles. The van der Waals surface area contributed by atoms with E-state index in [1.807, 2.05) is 45.0 Å². The molecule has 4 nitrogen and oxygen atoms in total. The van der Waals surface area contributed by atoms with Gasteiger partial charge in [-0.25, -0.2) is 0 Å². The van der Waals surface area contributed by atoms with Gasteiger partial charge in [-0.05, 0) is 45.6 Å². The van der Waals surface area contributed by atoms with Crippen molar-refractivity contribution in [2.45, 2.75) is 83.0 Å². The van der Waals surface area contributed by atoms with Gasteiger partial charge in [-0.15, -0.1) is 0 Å². The molecule has 29 heavy (non-hydrogen) atoms. The molecule has 0 heterocycles. The van der Waals surface area contributed by atoms with Gasteiger partial charge < -0.3 is 9.84 Å². The van der Waals surface area contributed by atoms with Crippen molar-refractivity contribution in [2.24, 2.45) is 5.92 Å². The molecule has 1 aliphatic rings. The maximum atomic E-state index is 12.4. The van der Waals surface area contributed by atoms with Crippen LogP contribution in [-0.4, -0.2) is 34.5 Å². The lowest BCUT2D eigenvalue weighted by molar-refractivity contribution is -0.143. The lowest BCUT2D eigenvalue weighted by atomic mass is 9.97. The number of hydrogen-bond acceptors (Lipinski definition) is 5. The molecule has 1 aromatic carbocycles. The number of carbonyl (C=O) groups is 2. The number of benzene rings is 1. The fourth-order valence-corrected chi connectivity index (χ4v) is 5.42. The summed E-state index contributed by atoms with van der Waals surface area (Å²) < 4.78 is 4.94. The number of Topliss-reactive ketones (excluding diaryl/α,β-unsaturated/α-hetero) is 1. The molecule has 0 bridgehead atoms. The molecule has 1 N–H and O–H groups in total. The van der Waals surface area contributed by atoms with Crippen molar-refractivity contribution >= 4 is 23.5 Å². The van der Waals surface area contributed by atoms with E-state index in [4.69, 9.17) is 4.74 Å². The number of ether oxygens (including phenoxy) is 1. The van der Waals surface area contributed by atoms with Gasteiger partial charge in [0.05, 0.1) is 12.2 Å². The molecule has 0 amide bonds. The molecule has 1 aromatic rings. The second kappa shape index (κ2) is 11.8. The number of aliphatic hydroxyl groups is 1. The Morgan fingerprint density at radius 1 is 1.21 bits per heavy atom. The van der Waals surface area contributed by atoms with Crippen LogP contribution in [-0.2, 0) is 19.9 Å². The molecule has 162 valence electrons. The van der Waals surface area contributed by atoms with Gasteiger partial charge in [0.2, 0.25) is 0 Å². The lowest BCUT2D eigenvalue weighted by Crippen LogP contribution is -2.27. The van der Waals surface area contributed by atoms with E-state index in [1.165, 1.54) is 5.56 Å². The number of ketones is 1. The summed E-state index contributed by atoms with van der Waals surface area (Å²) in [6, 6.07) is 8.03. The third-order valence-electron chi connectivity index (χ3n) is 5.74. The van der Waals surface area contributed by atoms with Crippen LogP contribution in [0.15, 0.2) is 24.3 Å². The van der Waals surface area contributed by atoms with Crippen LogP contribution in [0.4, 0.5) is 0 Å². The van der Waals surface area contributed by atoms with E-state index in [9.17, 15) is 14.7 Å². The van der Waals surface area contributed by atoms with Crippen molar-refractivity contribution in [3.8, 4) is 0 Å². The van der Waals surface area contributed by atoms with Crippen molar-refractivity contribution in [3.63, 3.8) is 0 Å². The zero-order valence-corrected chi connectivity index (χ0v) is 18.9. The van der Waals surface area contributed by atoms with Gasteiger partial charge in [-0.1, -0.05) is 49.1 Å². The minimum absolute atomic E-state index is 0.110. The van der Waals surface area contributed by atoms with Crippen LogP contribution in [0.2, 0.25) is 0 Å². The molecule has 0 spiro atoms. The highest BCUT2D eigenvalue weighted by atomic mass is 32.2. The van der Waals surface area contributed by atoms with E-state index in [2.05, 4.69) is 0 Å². The molecule has 1 saturated carbocycles. The van der Waals surface area contributed by atoms with Crippen LogP contribution >= 0.6 is 11.8 Å². The van der Waals surface area contributed by atoms with E-state index in [1.54, 1.807) is 11.8 Å². The SMILES string of the molecule is CCOC(=O)CCCCCCC1C(=O)CCC1SCC(C)(O)c1ccc(C)cc1. The molecule has 1 fully saturated rings. The quantitative estimate of drug-likeness (QED) is 0.372. The first-order valence-electron chi connectivity index (χ1n) is 10.9. The first-order valence-corrected chi connectivity index (χ1v) is 12.0. The van der Waals surface area contributed by atoms with E-state index >= 15 is 0 Å². The second-order valence-corrected chi connectivity index (χ2v) is 9.59. The molecular weight excluding hydrogens is 384 g/mol. The summed E-state index contributed by atoms with van der Waals surface area (Å²) in [6.07, 6.45) is 6.91. The lowest BCUT2D eigenvalue weighted by Gasteiger charge is -2.27. The van der Waals surface area contributed by atoms with Gasteiger partial charge in [0, 0.05) is 29.8 Å². The molecule has 3 unspecified atom stereocenters. The average molecular weight is 421 g/mol. The van der Waals surface area contributed by atoms with Gasteiger partial charge in [-0.2, -0.15) is 11.8 Å². The minimum Gasteiger partial charge on any atom is -0.466 e. The van der Waals surface area contributed by atoms with Gasteiger partial charge in [0.15, 0.2) is 0 Å². The first-order chi connectivity index (χ1) is 13.8. The third-order valence-corrected chi connectivity index (χ3v) is 7.46. The summed E-state index contributed by atoms with van der Waals surface area (Å²) in [4.78, 5) is 23.7. The Kier molecular flexibility index (Phi) is 9.70. The van der Waals surface area contributed by atoms with Crippen molar-refractivity contribution in [1.29, 1.82) is 0 Å². The predicted molar refractivity (Wildman–Crippen MR) is 119 cm³/mol. The molecule has 2 rings (SSSR count). The summed E-state index contributed by atoms with van der Waals surface area (Å²) in [5.74, 6) is 0.975. The Hall–Kier alpha value is -1.33. The normalized spacial score (nSPS) is 21.2. The van der Waals surface area contributed by atoms with Gasteiger partial charge in [0.1, 0.15) is 5.78 Å². The van der Waals surface area contributed by atoms with Gasteiger partial charge in [0.25, 0.3) is 0 Å². The number of aryl methyl sites for hydroxylation is 1. The largest absolute Gasteiger partial charge is 0.466 e. The number of esters is 1. The van der Waals surface area contributed by atoms with Crippen molar-refractivity contribution in [3.05, 3.63) is 35.4 Å². The Balaban J connectivity index is 1.74. The zero-order valence-electron chi connectivity index (χ0n) is 18.1. The van der Waals surface area contributed by atoms with Crippen LogP contribution in [0.5, 0.6) is 0 Å². The van der Waals surface area contributed by atoms with E-state index in [0.717, 1.165) is 44.1 Å². The highest BCUT2D eigenvalue weighted by Gasteiger charge is 2.36. The van der Waals surface area contributed by atoms with E-state index in [0.29, 0.717) is 36.2 Å². The van der Waals surface area contributed by atoms with Crippen LogP contribution in [0.25, 0.3) is 0 Å². The fraction of sp³-hybridized carbons (Fsp3) is 0.667. The summed E-state index contributed by atoms with van der Waals surface area (Å²) >= 11 is 1.75. The summed E-state index contributed by atoms with van der Waals surface area (Å²) in [7, 11) is 0. The number of hydrogen-bond donors (Lipinski definition) is 1. The Morgan fingerprint density at radius 2 is 1.90 bits per heavy atom. The molecule has 0 saturated heterocycles. The number of unbranched alkanes of at least 4 members (excludes halogenated alkanes) is 3. The van der Waals surface area contributed by atoms with Crippen molar-refractivity contribution < 1.29 is 19.4 Å². The first kappa shape index (κ1) is 23.9. The van der Waals surface area contributed by atoms with Crippen LogP contribution in [0.1, 0.15) is 76.3 Å². The summed E-state index contributed by atoms with van der Waals surface area (Å²) in [5.41, 5.74) is 1.22. The molecule has 0 aromatic heterocycles. The molecule has 3 atom stereocenters. The molecule has 0 radical (unpaired) electrons. The van der Waals surface area contributed by atoms with E-state index < -0.39 is 5.60 Å². The van der Waals surface area contributed by atoms with Crippen molar-refractivity contribution in [2.75, 3.05) is 12.4 Å². The smallest absolute Gasteiger partial charge is 0.305 e. The third kappa shape index (κ3) is 7.78. The predicted octanol–water partition coefficient (Wildman–Crippen LogP) is 5.19. The molecule has 0 aliphatic heterocycles. The number of carbonyl (C=O) groups excluding carboxylic acids is 2. The molecule has 5 heteroatoms. The summed E-state index contributed by atoms with van der Waals surface area (Å²) in [5, 5.41) is 11.2. The van der Waals surface area contributed by atoms with Gasteiger partial charge >= 0.3 is 5.97 Å². The zero-order chi connectivity index (χ0) is 21.3. The van der Waals surface area contributed by atoms with Gasteiger partial charge in [-0.3, -0.25) is 9.59 Å². The van der Waals surface area contributed by atoms with Crippen molar-refractivity contribution in [1.82, 2.24) is 0 Å². The minimum atomic E-state index is -0.887. The molecular formula is C24H36O4S. The maximum Gasteiger partial charge on any atom is 0.305 e. The summed E-state index contributed by atoms with van der Waals surface area (Å²) in [6.45, 7) is 6.17. The Morgan fingerprint density at radius 3 is 2.59 bits per heavy atom. The number of thioether (sulfide) groups is 1. The van der Waals surface area contributed by atoms with Crippen LogP contribution in [0.3, 0.4) is 0 Å². The number of rotatable bonds is 12. The van der Waals surface area contributed by atoms with Crippen LogP contribution in [0, 0.1) is 12.8 Å². The fourth-order valence-electron chi connectivity index (χ4n) is 3.91. The monoisotopic (exact) mass is 420 g/mol. The highest BCUT2D eigenvalue weighted by Crippen LogP contribution is 2.38. The second-order valence-electron chi connectivity index (χ2n) is 8.36. The Labute approximate surface area is 179 Å². The maximum absolute atomic E-state index is 12.4. The average Bonchev–Trinajstić information content (AvgIpc) is 3.03.